The first-order chi connectivity index (χ1) is 7.29. The summed E-state index contributed by atoms with van der Waals surface area (Å²) in [6.45, 7) is 1.99. The number of hydrogen-bond acceptors (Lipinski definition) is 2. The van der Waals surface area contributed by atoms with Gasteiger partial charge in [0.2, 0.25) is 5.91 Å². The van der Waals surface area contributed by atoms with Crippen LogP contribution in [-0.4, -0.2) is 35.4 Å². The highest BCUT2D eigenvalue weighted by Gasteiger charge is 2.27. The van der Waals surface area contributed by atoms with Gasteiger partial charge in [-0.2, -0.15) is 11.8 Å². The van der Waals surface area contributed by atoms with Gasteiger partial charge in [-0.3, -0.25) is 4.79 Å². The highest BCUT2D eigenvalue weighted by molar-refractivity contribution is 7.99. The number of rotatable bonds is 3. The Bertz CT molecular complexity index is 226. The van der Waals surface area contributed by atoms with Gasteiger partial charge >= 0.3 is 0 Å². The molecule has 0 unspecified atom stereocenters. The molecule has 2 rings (SSSR count). The molecule has 1 heterocycles. The molecule has 15 heavy (non-hydrogen) atoms. The number of carbonyl (C=O) groups excluding carboxylic acids is 1. The van der Waals surface area contributed by atoms with Crippen LogP contribution in [0.25, 0.3) is 0 Å². The van der Waals surface area contributed by atoms with Gasteiger partial charge in [0.1, 0.15) is 0 Å². The number of carbonyl (C=O) groups is 1. The van der Waals surface area contributed by atoms with Crippen LogP contribution in [0.5, 0.6) is 0 Å². The van der Waals surface area contributed by atoms with Crippen molar-refractivity contribution in [2.24, 2.45) is 5.92 Å². The predicted molar refractivity (Wildman–Crippen MR) is 65.1 cm³/mol. The molecule has 0 spiro atoms. The number of hydrogen-bond donors (Lipinski definition) is 0. The fourth-order valence-electron chi connectivity index (χ4n) is 2.74. The topological polar surface area (TPSA) is 20.3 Å². The summed E-state index contributed by atoms with van der Waals surface area (Å²) in [7, 11) is 0. The number of nitrogens with zero attached hydrogens (tertiary/aromatic N) is 1. The first-order valence-corrected chi connectivity index (χ1v) is 7.39. The van der Waals surface area contributed by atoms with Crippen LogP contribution >= 0.6 is 11.8 Å². The molecule has 2 fully saturated rings. The van der Waals surface area contributed by atoms with Crippen molar-refractivity contribution in [3.05, 3.63) is 0 Å². The van der Waals surface area contributed by atoms with Gasteiger partial charge in [0.25, 0.3) is 0 Å². The van der Waals surface area contributed by atoms with E-state index < -0.39 is 0 Å². The Balaban J connectivity index is 1.76. The summed E-state index contributed by atoms with van der Waals surface area (Å²) >= 11 is 1.90. The average molecular weight is 227 g/mol. The molecular formula is C12H21NOS. The third kappa shape index (κ3) is 2.90. The molecule has 2 aliphatic rings. The zero-order valence-electron chi connectivity index (χ0n) is 9.58. The molecular weight excluding hydrogens is 206 g/mol. The van der Waals surface area contributed by atoms with Crippen LogP contribution in [-0.2, 0) is 4.79 Å². The van der Waals surface area contributed by atoms with E-state index in [2.05, 4.69) is 11.2 Å². The lowest BCUT2D eigenvalue weighted by Gasteiger charge is -2.18. The molecule has 1 amide bonds. The first kappa shape index (κ1) is 11.3. The fourth-order valence-corrected chi connectivity index (χ4v) is 3.41. The summed E-state index contributed by atoms with van der Waals surface area (Å²) < 4.78 is 0. The molecule has 0 radical (unpaired) electrons. The van der Waals surface area contributed by atoms with Crippen molar-refractivity contribution in [3.8, 4) is 0 Å². The van der Waals surface area contributed by atoms with Crippen LogP contribution in [0.1, 0.15) is 38.5 Å². The summed E-state index contributed by atoms with van der Waals surface area (Å²) in [6, 6.07) is 0. The van der Waals surface area contributed by atoms with E-state index in [1.54, 1.807) is 0 Å². The molecule has 1 aliphatic carbocycles. The maximum atomic E-state index is 12.0. The van der Waals surface area contributed by atoms with Gasteiger partial charge in [0.15, 0.2) is 0 Å². The smallest absolute Gasteiger partial charge is 0.222 e. The number of thioether (sulfide) groups is 1. The van der Waals surface area contributed by atoms with Crippen molar-refractivity contribution in [2.45, 2.75) is 43.8 Å². The Labute approximate surface area is 96.8 Å². The van der Waals surface area contributed by atoms with Crippen molar-refractivity contribution in [1.82, 2.24) is 4.90 Å². The second kappa shape index (κ2) is 5.24. The van der Waals surface area contributed by atoms with E-state index in [0.717, 1.165) is 19.5 Å². The maximum Gasteiger partial charge on any atom is 0.222 e. The molecule has 3 heteroatoms. The van der Waals surface area contributed by atoms with E-state index in [9.17, 15) is 4.79 Å². The minimum atomic E-state index is 0.415. The monoisotopic (exact) mass is 227 g/mol. The summed E-state index contributed by atoms with van der Waals surface area (Å²) in [5.74, 6) is 1.12. The molecule has 0 aromatic carbocycles. The standard InChI is InChI=1S/C12H21NOS/c1-15-11-6-7-13(9-11)12(14)8-10-4-2-3-5-10/h10-11H,2-9H2,1H3/t11-/m0/s1. The highest BCUT2D eigenvalue weighted by Crippen LogP contribution is 2.29. The van der Waals surface area contributed by atoms with Crippen molar-refractivity contribution < 1.29 is 4.79 Å². The van der Waals surface area contributed by atoms with Crippen molar-refractivity contribution in [1.29, 1.82) is 0 Å². The lowest BCUT2D eigenvalue weighted by atomic mass is 10.0. The van der Waals surface area contributed by atoms with Gasteiger partial charge in [-0.1, -0.05) is 12.8 Å². The SMILES string of the molecule is CS[C@H]1CCN(C(=O)CC2CCCC2)C1. The summed E-state index contributed by atoms with van der Waals surface area (Å²) in [6.07, 6.45) is 9.40. The van der Waals surface area contributed by atoms with Crippen molar-refractivity contribution >= 4 is 17.7 Å². The van der Waals surface area contributed by atoms with Crippen LogP contribution in [0.3, 0.4) is 0 Å². The third-order valence-electron chi connectivity index (χ3n) is 3.77. The highest BCUT2D eigenvalue weighted by atomic mass is 32.2. The van der Waals surface area contributed by atoms with E-state index in [4.69, 9.17) is 0 Å². The normalized spacial score (nSPS) is 27.5. The lowest BCUT2D eigenvalue weighted by Crippen LogP contribution is -2.30. The van der Waals surface area contributed by atoms with Crippen LogP contribution < -0.4 is 0 Å². The zero-order valence-corrected chi connectivity index (χ0v) is 10.4. The Kier molecular flexibility index (Phi) is 3.95. The number of likely N-dealkylation sites (tertiary alicyclic amines) is 1. The second-order valence-electron chi connectivity index (χ2n) is 4.84. The largest absolute Gasteiger partial charge is 0.342 e. The molecule has 0 aromatic rings. The molecule has 1 saturated heterocycles. The molecule has 1 aliphatic heterocycles. The molecule has 86 valence electrons. The summed E-state index contributed by atoms with van der Waals surface area (Å²) in [4.78, 5) is 14.1. The third-order valence-corrected chi connectivity index (χ3v) is 4.82. The van der Waals surface area contributed by atoms with Gasteiger partial charge in [-0.05, 0) is 31.4 Å². The van der Waals surface area contributed by atoms with E-state index in [0.29, 0.717) is 17.1 Å². The molecule has 0 bridgehead atoms. The van der Waals surface area contributed by atoms with Crippen LogP contribution in [0.15, 0.2) is 0 Å². The van der Waals surface area contributed by atoms with Gasteiger partial charge in [-0.25, -0.2) is 0 Å². The molecule has 0 N–H and O–H groups in total. The Morgan fingerprint density at radius 3 is 2.67 bits per heavy atom. The number of amides is 1. The zero-order chi connectivity index (χ0) is 10.7. The lowest BCUT2D eigenvalue weighted by molar-refractivity contribution is -0.131. The molecule has 2 nitrogen and oxygen atoms in total. The Hall–Kier alpha value is -0.180. The van der Waals surface area contributed by atoms with E-state index in [1.165, 1.54) is 32.1 Å². The molecule has 1 atom stereocenters. The Morgan fingerprint density at radius 2 is 2.07 bits per heavy atom. The van der Waals surface area contributed by atoms with Crippen LogP contribution in [0.4, 0.5) is 0 Å². The summed E-state index contributed by atoms with van der Waals surface area (Å²) in [5, 5.41) is 0.692. The van der Waals surface area contributed by atoms with Crippen LogP contribution in [0.2, 0.25) is 0 Å². The van der Waals surface area contributed by atoms with Crippen molar-refractivity contribution in [3.63, 3.8) is 0 Å². The minimum Gasteiger partial charge on any atom is -0.342 e. The second-order valence-corrected chi connectivity index (χ2v) is 5.98. The van der Waals surface area contributed by atoms with E-state index in [1.807, 2.05) is 11.8 Å². The molecule has 0 aromatic heterocycles. The summed E-state index contributed by atoms with van der Waals surface area (Å²) in [5.41, 5.74) is 0. The van der Waals surface area contributed by atoms with Crippen LogP contribution in [0, 0.1) is 5.92 Å². The van der Waals surface area contributed by atoms with Gasteiger partial charge in [-0.15, -0.1) is 0 Å². The average Bonchev–Trinajstić information content (AvgIpc) is 2.86. The first-order valence-electron chi connectivity index (χ1n) is 6.10. The molecule has 1 saturated carbocycles. The van der Waals surface area contributed by atoms with Gasteiger partial charge < -0.3 is 4.90 Å². The van der Waals surface area contributed by atoms with E-state index in [-0.39, 0.29) is 0 Å². The fraction of sp³-hybridized carbons (Fsp3) is 0.917. The van der Waals surface area contributed by atoms with Gasteiger partial charge in [0.05, 0.1) is 0 Å². The maximum absolute atomic E-state index is 12.0. The quantitative estimate of drug-likeness (QED) is 0.738. The van der Waals surface area contributed by atoms with E-state index >= 15 is 0 Å². The predicted octanol–water partition coefficient (Wildman–Crippen LogP) is 2.53. The van der Waals surface area contributed by atoms with Crippen molar-refractivity contribution in [2.75, 3.05) is 19.3 Å². The Morgan fingerprint density at radius 1 is 1.33 bits per heavy atom. The van der Waals surface area contributed by atoms with Gasteiger partial charge in [0, 0.05) is 24.8 Å². The minimum absolute atomic E-state index is 0.415.